The van der Waals surface area contributed by atoms with Gasteiger partial charge in [-0.3, -0.25) is 24.0 Å². The first-order chi connectivity index (χ1) is 25.3. The number of nitrogens with one attached hydrogen (secondary N) is 2. The van der Waals surface area contributed by atoms with E-state index in [-0.39, 0.29) is 32.6 Å². The average molecular weight is 742 g/mol. The van der Waals surface area contributed by atoms with Gasteiger partial charge in [0.25, 0.3) is 0 Å². The number of ether oxygens (including phenoxy) is 5. The van der Waals surface area contributed by atoms with E-state index in [0.717, 1.165) is 30.4 Å². The lowest BCUT2D eigenvalue weighted by atomic mass is 9.62. The van der Waals surface area contributed by atoms with E-state index in [1.165, 1.54) is 12.0 Å². The van der Waals surface area contributed by atoms with Gasteiger partial charge in [-0.15, -0.1) is 0 Å². The third-order valence-corrected chi connectivity index (χ3v) is 11.1. The molecule has 2 bridgehead atoms. The maximum atomic E-state index is 14.6. The summed E-state index contributed by atoms with van der Waals surface area (Å²) in [6.45, 7) is 6.14. The number of epoxide rings is 1. The third kappa shape index (κ3) is 7.88. The van der Waals surface area contributed by atoms with Crippen molar-refractivity contribution in [3.8, 4) is 0 Å². The van der Waals surface area contributed by atoms with Crippen molar-refractivity contribution < 1.29 is 57.9 Å². The molecule has 15 nitrogen and oxygen atoms in total. The molecule has 15 heteroatoms. The fraction of sp³-hybridized carbons (Fsp3) is 0.684. The van der Waals surface area contributed by atoms with Crippen molar-refractivity contribution in [1.82, 2.24) is 15.7 Å². The maximum absolute atomic E-state index is 14.6. The summed E-state index contributed by atoms with van der Waals surface area (Å²) in [6, 6.07) is 4.34. The molecule has 2 amide bonds. The number of hydrogen-bond acceptors (Lipinski definition) is 13. The fourth-order valence-corrected chi connectivity index (χ4v) is 8.53. The molecule has 290 valence electrons. The number of aliphatic hydroxyl groups excluding tert-OH is 2. The Balaban J connectivity index is 1.08. The lowest BCUT2D eigenvalue weighted by molar-refractivity contribution is -0.201. The highest BCUT2D eigenvalue weighted by Gasteiger charge is 2.75. The van der Waals surface area contributed by atoms with Crippen LogP contribution in [0.4, 0.5) is 0 Å². The molecule has 12 unspecified atom stereocenters. The van der Waals surface area contributed by atoms with Crippen molar-refractivity contribution in [3.05, 3.63) is 41.5 Å². The lowest BCUT2D eigenvalue weighted by Crippen LogP contribution is -2.71. The van der Waals surface area contributed by atoms with E-state index in [1.54, 1.807) is 20.8 Å². The van der Waals surface area contributed by atoms with Gasteiger partial charge >= 0.3 is 11.9 Å². The van der Waals surface area contributed by atoms with Crippen LogP contribution < -0.4 is 10.6 Å². The molecule has 1 aromatic rings. The van der Waals surface area contributed by atoms with Gasteiger partial charge in [-0.25, -0.2) is 0 Å². The number of esters is 2. The summed E-state index contributed by atoms with van der Waals surface area (Å²) in [7, 11) is 0. The normalized spacial score (nSPS) is 34.7. The predicted octanol–water partition coefficient (Wildman–Crippen LogP) is 1.27. The van der Waals surface area contributed by atoms with Crippen LogP contribution in [0.1, 0.15) is 77.3 Å². The number of aliphatic hydroxyl groups is 2. The van der Waals surface area contributed by atoms with Crippen LogP contribution >= 0.6 is 0 Å². The molecule has 6 aliphatic rings. The Hall–Kier alpha value is -3.44. The van der Waals surface area contributed by atoms with Crippen LogP contribution in [-0.2, 0) is 54.2 Å². The molecule has 4 aliphatic heterocycles. The fourth-order valence-electron chi connectivity index (χ4n) is 8.53. The first-order valence-electron chi connectivity index (χ1n) is 18.7. The van der Waals surface area contributed by atoms with Crippen molar-refractivity contribution in [2.24, 2.45) is 11.3 Å². The number of amides is 2. The summed E-state index contributed by atoms with van der Waals surface area (Å²) in [4.78, 5) is 60.8. The zero-order valence-corrected chi connectivity index (χ0v) is 30.6. The van der Waals surface area contributed by atoms with Crippen LogP contribution in [0, 0.1) is 11.3 Å². The van der Waals surface area contributed by atoms with E-state index in [1.807, 2.05) is 24.3 Å². The quantitative estimate of drug-likeness (QED) is 0.167. The minimum Gasteiger partial charge on any atom is -0.460 e. The molecule has 4 saturated heterocycles. The van der Waals surface area contributed by atoms with Crippen molar-refractivity contribution in [1.29, 1.82) is 0 Å². The summed E-state index contributed by atoms with van der Waals surface area (Å²) in [6.07, 6.45) is 3.86. The SMILES string of the molecule is CC(O)C(NC(=O)C12CC3OC(=O)C1N(Cc1cccc(C=CC4CCC5OC5C4)c1)OC2C1OCOC31)C(=O)NC(CO)CCC(=O)OC(C)(C)C. The van der Waals surface area contributed by atoms with Gasteiger partial charge in [-0.1, -0.05) is 36.4 Å². The average Bonchev–Trinajstić information content (AvgIpc) is 3.53. The topological polar surface area (TPSA) is 195 Å². The van der Waals surface area contributed by atoms with Crippen molar-refractivity contribution in [3.63, 3.8) is 0 Å². The number of hydroxylamine groups is 2. The summed E-state index contributed by atoms with van der Waals surface area (Å²) >= 11 is 0. The molecule has 1 aromatic carbocycles. The van der Waals surface area contributed by atoms with Gasteiger partial charge in [0.05, 0.1) is 37.5 Å². The van der Waals surface area contributed by atoms with Crippen molar-refractivity contribution in [2.75, 3.05) is 13.4 Å². The molecule has 12 atom stereocenters. The lowest BCUT2D eigenvalue weighted by Gasteiger charge is -2.49. The van der Waals surface area contributed by atoms with Gasteiger partial charge in [0, 0.05) is 12.8 Å². The first kappa shape index (κ1) is 37.9. The molecular formula is C38H51N3O12. The monoisotopic (exact) mass is 741 g/mol. The third-order valence-electron chi connectivity index (χ3n) is 11.1. The Labute approximate surface area is 308 Å². The molecule has 0 aromatic heterocycles. The van der Waals surface area contributed by atoms with Crippen LogP contribution in [0.15, 0.2) is 30.3 Å². The number of fused-ring (bicyclic) bond motifs is 5. The molecule has 0 spiro atoms. The van der Waals surface area contributed by atoms with Gasteiger partial charge in [0.1, 0.15) is 48.3 Å². The number of allylic oxidation sites excluding steroid dienone is 1. The zero-order chi connectivity index (χ0) is 37.7. The van der Waals surface area contributed by atoms with E-state index < -0.39 is 90.0 Å². The van der Waals surface area contributed by atoms with E-state index in [2.05, 4.69) is 22.8 Å². The molecule has 2 saturated carbocycles. The van der Waals surface area contributed by atoms with Gasteiger partial charge < -0.3 is 44.5 Å². The Morgan fingerprint density at radius 1 is 1.11 bits per heavy atom. The molecule has 4 N–H and O–H groups in total. The van der Waals surface area contributed by atoms with Gasteiger partial charge in [0.2, 0.25) is 11.8 Å². The van der Waals surface area contributed by atoms with Crippen molar-refractivity contribution in [2.45, 2.75) is 139 Å². The van der Waals surface area contributed by atoms with Gasteiger partial charge in [0.15, 0.2) is 6.04 Å². The Morgan fingerprint density at radius 2 is 1.91 bits per heavy atom. The standard InChI is InChI=1S/C38H51N3O12/c1-20(43)29(34(45)39-24(18-42)11-13-28(44)52-37(2,3)4)40-36(47)38-16-27-30-31(49-19-48-30)33(38)53-41(32(38)35(46)51-27)17-23-7-5-6-21(14-23)8-9-22-10-12-25-26(15-22)50-25/h5-9,14,20,22,24-27,29-33,42-43H,10-13,15-19H2,1-4H3,(H,39,45)(H,40,47). The highest BCUT2D eigenvalue weighted by molar-refractivity contribution is 5.96. The second-order valence-corrected chi connectivity index (χ2v) is 16.2. The number of benzene rings is 1. The Bertz CT molecular complexity index is 1600. The summed E-state index contributed by atoms with van der Waals surface area (Å²) in [5.41, 5.74) is -0.424. The predicted molar refractivity (Wildman–Crippen MR) is 185 cm³/mol. The van der Waals surface area contributed by atoms with Crippen LogP contribution in [0.2, 0.25) is 0 Å². The second kappa shape index (κ2) is 15.0. The Morgan fingerprint density at radius 3 is 2.64 bits per heavy atom. The van der Waals surface area contributed by atoms with Gasteiger partial charge in [-0.05, 0) is 70.4 Å². The van der Waals surface area contributed by atoms with E-state index in [9.17, 15) is 29.4 Å². The Kier molecular flexibility index (Phi) is 10.7. The maximum Gasteiger partial charge on any atom is 0.327 e. The largest absolute Gasteiger partial charge is 0.460 e. The smallest absolute Gasteiger partial charge is 0.327 e. The van der Waals surface area contributed by atoms with Crippen LogP contribution in [-0.4, -0.2) is 119 Å². The molecule has 4 heterocycles. The highest BCUT2D eigenvalue weighted by Crippen LogP contribution is 2.55. The minimum absolute atomic E-state index is 0.0416. The summed E-state index contributed by atoms with van der Waals surface area (Å²) in [5.74, 6) is -2.16. The number of carbonyl (C=O) groups excluding carboxylic acids is 4. The number of carbonyl (C=O) groups is 4. The number of rotatable bonds is 13. The number of hydrogen-bond donors (Lipinski definition) is 4. The van der Waals surface area contributed by atoms with Crippen LogP contribution in [0.25, 0.3) is 6.08 Å². The molecular weight excluding hydrogens is 690 g/mol. The van der Waals surface area contributed by atoms with E-state index in [0.29, 0.717) is 18.1 Å². The molecule has 0 radical (unpaired) electrons. The van der Waals surface area contributed by atoms with E-state index in [4.69, 9.17) is 28.5 Å². The molecule has 6 fully saturated rings. The first-order valence-corrected chi connectivity index (χ1v) is 18.7. The van der Waals surface area contributed by atoms with Crippen molar-refractivity contribution >= 4 is 29.8 Å². The number of nitrogens with zero attached hydrogens (tertiary/aromatic N) is 1. The molecule has 53 heavy (non-hydrogen) atoms. The van der Waals surface area contributed by atoms with Crippen LogP contribution in [0.3, 0.4) is 0 Å². The summed E-state index contributed by atoms with van der Waals surface area (Å²) < 4.78 is 28.6. The van der Waals surface area contributed by atoms with Crippen LogP contribution in [0.5, 0.6) is 0 Å². The van der Waals surface area contributed by atoms with Gasteiger partial charge in [-0.2, -0.15) is 5.06 Å². The van der Waals surface area contributed by atoms with E-state index >= 15 is 0 Å². The zero-order valence-electron chi connectivity index (χ0n) is 30.6. The second-order valence-electron chi connectivity index (χ2n) is 16.2. The molecule has 2 aliphatic carbocycles. The summed E-state index contributed by atoms with van der Waals surface area (Å²) in [5, 5.41) is 27.5. The highest BCUT2D eigenvalue weighted by atomic mass is 16.8. The molecule has 7 rings (SSSR count). The minimum atomic E-state index is -1.56.